The van der Waals surface area contributed by atoms with E-state index in [4.69, 9.17) is 0 Å². The van der Waals surface area contributed by atoms with Gasteiger partial charge >= 0.3 is 0 Å². The van der Waals surface area contributed by atoms with Crippen molar-refractivity contribution >= 4 is 0 Å². The number of allylic oxidation sites excluding steroid dienone is 1. The molecule has 1 heteroatoms. The first kappa shape index (κ1) is 6.41. The number of hydrogen-bond acceptors (Lipinski definition) is 1. The molecule has 0 aromatic rings. The third kappa shape index (κ3) is 0.807. The van der Waals surface area contributed by atoms with Crippen molar-refractivity contribution < 1.29 is 5.11 Å². The van der Waals surface area contributed by atoms with E-state index in [1.807, 2.05) is 0 Å². The highest BCUT2D eigenvalue weighted by Gasteiger charge is 2.40. The van der Waals surface area contributed by atoms with Gasteiger partial charge in [0.25, 0.3) is 0 Å². The van der Waals surface area contributed by atoms with Crippen LogP contribution in [-0.2, 0) is 0 Å². The molecule has 2 aliphatic carbocycles. The zero-order valence-electron chi connectivity index (χ0n) is 6.21. The van der Waals surface area contributed by atoms with Crippen molar-refractivity contribution in [2.75, 3.05) is 0 Å². The highest BCUT2D eigenvalue weighted by atomic mass is 16.3. The summed E-state index contributed by atoms with van der Waals surface area (Å²) in [6.45, 7) is 0. The van der Waals surface area contributed by atoms with Gasteiger partial charge < -0.3 is 5.11 Å². The van der Waals surface area contributed by atoms with Gasteiger partial charge in [0.2, 0.25) is 0 Å². The molecule has 56 valence electrons. The Kier molecular flexibility index (Phi) is 1.34. The predicted octanol–water partition coefficient (Wildman–Crippen LogP) is 1.87. The molecule has 2 atom stereocenters. The lowest BCUT2D eigenvalue weighted by molar-refractivity contribution is 0.00195. The Morgan fingerprint density at radius 3 is 3.10 bits per heavy atom. The molecule has 1 saturated carbocycles. The first-order chi connectivity index (χ1) is 4.81. The van der Waals surface area contributed by atoms with Crippen molar-refractivity contribution in [1.29, 1.82) is 0 Å². The molecule has 1 fully saturated rings. The topological polar surface area (TPSA) is 20.2 Å². The fourth-order valence-corrected chi connectivity index (χ4v) is 2.28. The van der Waals surface area contributed by atoms with Crippen LogP contribution in [0.3, 0.4) is 0 Å². The Morgan fingerprint density at radius 2 is 2.30 bits per heavy atom. The van der Waals surface area contributed by atoms with Crippen molar-refractivity contribution in [2.45, 2.75) is 37.7 Å². The van der Waals surface area contributed by atoms with Gasteiger partial charge in [0.05, 0.1) is 5.60 Å². The molecule has 0 amide bonds. The van der Waals surface area contributed by atoms with Crippen LogP contribution in [0.1, 0.15) is 32.1 Å². The summed E-state index contributed by atoms with van der Waals surface area (Å²) in [7, 11) is 0. The standard InChI is InChI=1S/C9H14O/c10-9-6-2-1-4-8(9)5-3-7-9/h1-2,8,10H,3-7H2. The van der Waals surface area contributed by atoms with Crippen LogP contribution in [0, 0.1) is 5.92 Å². The maximum absolute atomic E-state index is 9.96. The van der Waals surface area contributed by atoms with Gasteiger partial charge in [-0.15, -0.1) is 0 Å². The molecule has 0 bridgehead atoms. The summed E-state index contributed by atoms with van der Waals surface area (Å²) >= 11 is 0. The van der Waals surface area contributed by atoms with E-state index in [0.29, 0.717) is 5.92 Å². The monoisotopic (exact) mass is 138 g/mol. The highest BCUT2D eigenvalue weighted by Crippen LogP contribution is 2.42. The molecule has 0 spiro atoms. The second kappa shape index (κ2) is 2.09. The maximum Gasteiger partial charge on any atom is 0.0713 e. The Bertz CT molecular complexity index is 162. The second-order valence-electron chi connectivity index (χ2n) is 3.60. The lowest BCUT2D eigenvalue weighted by atomic mass is 9.82. The molecule has 1 N–H and O–H groups in total. The number of hydrogen-bond donors (Lipinski definition) is 1. The SMILES string of the molecule is OC12CC=CCC1CCC2. The van der Waals surface area contributed by atoms with Crippen molar-refractivity contribution in [3.8, 4) is 0 Å². The first-order valence-electron chi connectivity index (χ1n) is 4.19. The normalized spacial score (nSPS) is 45.5. The van der Waals surface area contributed by atoms with Gasteiger partial charge in [-0.1, -0.05) is 18.6 Å². The fourth-order valence-electron chi connectivity index (χ4n) is 2.28. The van der Waals surface area contributed by atoms with Gasteiger partial charge in [-0.25, -0.2) is 0 Å². The van der Waals surface area contributed by atoms with Crippen molar-refractivity contribution in [2.24, 2.45) is 5.92 Å². The summed E-state index contributed by atoms with van der Waals surface area (Å²) in [5.41, 5.74) is -0.297. The van der Waals surface area contributed by atoms with Crippen LogP contribution in [0.2, 0.25) is 0 Å². The van der Waals surface area contributed by atoms with Crippen LogP contribution in [-0.4, -0.2) is 10.7 Å². The van der Waals surface area contributed by atoms with E-state index in [9.17, 15) is 5.11 Å². The lowest BCUT2D eigenvalue weighted by Crippen LogP contribution is -2.33. The van der Waals surface area contributed by atoms with Crippen LogP contribution in [0.5, 0.6) is 0 Å². The minimum atomic E-state index is -0.297. The fraction of sp³-hybridized carbons (Fsp3) is 0.778. The summed E-state index contributed by atoms with van der Waals surface area (Å²) in [6, 6.07) is 0. The average Bonchev–Trinajstić information content (AvgIpc) is 2.29. The molecule has 1 nitrogen and oxygen atoms in total. The minimum absolute atomic E-state index is 0.297. The third-order valence-corrected chi connectivity index (χ3v) is 2.98. The predicted molar refractivity (Wildman–Crippen MR) is 40.7 cm³/mol. The van der Waals surface area contributed by atoms with Crippen molar-refractivity contribution in [1.82, 2.24) is 0 Å². The number of aliphatic hydroxyl groups is 1. The van der Waals surface area contributed by atoms with Crippen LogP contribution < -0.4 is 0 Å². The molecule has 2 unspecified atom stereocenters. The molecule has 0 aliphatic heterocycles. The average molecular weight is 138 g/mol. The quantitative estimate of drug-likeness (QED) is 0.507. The van der Waals surface area contributed by atoms with E-state index in [1.165, 1.54) is 12.8 Å². The number of fused-ring (bicyclic) bond motifs is 1. The summed E-state index contributed by atoms with van der Waals surface area (Å²) < 4.78 is 0. The summed E-state index contributed by atoms with van der Waals surface area (Å²) in [5, 5.41) is 9.96. The smallest absolute Gasteiger partial charge is 0.0713 e. The molecule has 0 heterocycles. The van der Waals surface area contributed by atoms with Gasteiger partial charge in [-0.3, -0.25) is 0 Å². The minimum Gasteiger partial charge on any atom is -0.389 e. The molecule has 0 saturated heterocycles. The molecular weight excluding hydrogens is 124 g/mol. The van der Waals surface area contributed by atoms with E-state index in [2.05, 4.69) is 12.2 Å². The molecule has 0 radical (unpaired) electrons. The Labute approximate surface area is 61.8 Å². The first-order valence-corrected chi connectivity index (χ1v) is 4.19. The van der Waals surface area contributed by atoms with Crippen LogP contribution in [0.4, 0.5) is 0 Å². The van der Waals surface area contributed by atoms with Gasteiger partial charge in [-0.2, -0.15) is 0 Å². The van der Waals surface area contributed by atoms with E-state index in [0.717, 1.165) is 19.3 Å². The molecule has 10 heavy (non-hydrogen) atoms. The second-order valence-corrected chi connectivity index (χ2v) is 3.60. The zero-order valence-corrected chi connectivity index (χ0v) is 6.21. The third-order valence-electron chi connectivity index (χ3n) is 2.98. The van der Waals surface area contributed by atoms with Gasteiger partial charge in [0.15, 0.2) is 0 Å². The van der Waals surface area contributed by atoms with E-state index >= 15 is 0 Å². The Morgan fingerprint density at radius 1 is 1.40 bits per heavy atom. The Balaban J connectivity index is 2.20. The summed E-state index contributed by atoms with van der Waals surface area (Å²) in [5.74, 6) is 0.581. The zero-order chi connectivity index (χ0) is 7.03. The Hall–Kier alpha value is -0.300. The highest BCUT2D eigenvalue weighted by molar-refractivity contribution is 5.05. The van der Waals surface area contributed by atoms with E-state index in [1.54, 1.807) is 0 Å². The van der Waals surface area contributed by atoms with E-state index < -0.39 is 0 Å². The van der Waals surface area contributed by atoms with Gasteiger partial charge in [0, 0.05) is 0 Å². The maximum atomic E-state index is 9.96. The van der Waals surface area contributed by atoms with Gasteiger partial charge in [0.1, 0.15) is 0 Å². The molecule has 2 rings (SSSR count). The summed E-state index contributed by atoms with van der Waals surface area (Å²) in [6.07, 6.45) is 9.84. The van der Waals surface area contributed by atoms with Gasteiger partial charge in [-0.05, 0) is 31.6 Å². The molecule has 2 aliphatic rings. The lowest BCUT2D eigenvalue weighted by Gasteiger charge is -2.31. The van der Waals surface area contributed by atoms with E-state index in [-0.39, 0.29) is 5.60 Å². The largest absolute Gasteiger partial charge is 0.389 e. The van der Waals surface area contributed by atoms with Crippen molar-refractivity contribution in [3.05, 3.63) is 12.2 Å². The molecule has 0 aromatic heterocycles. The molecular formula is C9H14O. The van der Waals surface area contributed by atoms with Crippen LogP contribution in [0.25, 0.3) is 0 Å². The van der Waals surface area contributed by atoms with Crippen molar-refractivity contribution in [3.63, 3.8) is 0 Å². The number of rotatable bonds is 0. The summed E-state index contributed by atoms with van der Waals surface area (Å²) in [4.78, 5) is 0. The van der Waals surface area contributed by atoms with Crippen LogP contribution in [0.15, 0.2) is 12.2 Å². The molecule has 0 aromatic carbocycles. The van der Waals surface area contributed by atoms with Crippen LogP contribution >= 0.6 is 0 Å².